The molecule has 1 heterocycles. The highest BCUT2D eigenvalue weighted by atomic mass is 16.5. The Morgan fingerprint density at radius 3 is 1.49 bits per heavy atom. The van der Waals surface area contributed by atoms with E-state index in [1.54, 1.807) is 48.5 Å². The Bertz CT molecular complexity index is 1520. The SMILES string of the molecule is CCCCC(CC)COc1ccc(-c2nc(-c3ccc(C(=O)O)cc3)nc(-c3ccc(OCC(CC)CCCC)cc3O)n2)c(O)c1. The first-order valence-corrected chi connectivity index (χ1v) is 16.8. The zero-order valence-corrected chi connectivity index (χ0v) is 27.9. The van der Waals surface area contributed by atoms with Crippen molar-refractivity contribution in [3.05, 3.63) is 66.2 Å². The third kappa shape index (κ3) is 9.67. The number of aromatic carboxylic acids is 1. The zero-order chi connectivity index (χ0) is 33.8. The average molecular weight is 642 g/mol. The molecule has 2 atom stereocenters. The molecule has 4 rings (SSSR count). The minimum atomic E-state index is -1.04. The lowest BCUT2D eigenvalue weighted by Gasteiger charge is -2.16. The first kappa shape index (κ1) is 35.2. The van der Waals surface area contributed by atoms with Gasteiger partial charge in [0, 0.05) is 17.7 Å². The van der Waals surface area contributed by atoms with Crippen LogP contribution in [0.5, 0.6) is 23.0 Å². The molecule has 0 aliphatic heterocycles. The van der Waals surface area contributed by atoms with Gasteiger partial charge in [-0.05, 0) is 61.1 Å². The second kappa shape index (κ2) is 17.3. The number of carboxylic acid groups (broad SMARTS) is 1. The first-order chi connectivity index (χ1) is 22.8. The monoisotopic (exact) mass is 641 g/mol. The van der Waals surface area contributed by atoms with E-state index in [1.165, 1.54) is 12.1 Å². The third-order valence-electron chi connectivity index (χ3n) is 8.50. The molecule has 250 valence electrons. The van der Waals surface area contributed by atoms with Crippen LogP contribution in [0.15, 0.2) is 60.7 Å². The molecule has 0 aliphatic rings. The Hall–Kier alpha value is -4.66. The molecular formula is C38H47N3O6. The Labute approximate surface area is 277 Å². The molecule has 3 aromatic carbocycles. The summed E-state index contributed by atoms with van der Waals surface area (Å²) in [5.74, 6) is 1.45. The Morgan fingerprint density at radius 1 is 0.660 bits per heavy atom. The van der Waals surface area contributed by atoms with Crippen LogP contribution in [0, 0.1) is 11.8 Å². The molecule has 0 amide bonds. The van der Waals surface area contributed by atoms with Gasteiger partial charge in [-0.25, -0.2) is 19.7 Å². The largest absolute Gasteiger partial charge is 0.507 e. The van der Waals surface area contributed by atoms with E-state index in [0.717, 1.165) is 51.4 Å². The summed E-state index contributed by atoms with van der Waals surface area (Å²) in [5.41, 5.74) is 1.40. The van der Waals surface area contributed by atoms with Gasteiger partial charge in [-0.2, -0.15) is 0 Å². The van der Waals surface area contributed by atoms with E-state index >= 15 is 0 Å². The van der Waals surface area contributed by atoms with E-state index in [1.807, 2.05) is 0 Å². The van der Waals surface area contributed by atoms with Gasteiger partial charge in [-0.3, -0.25) is 0 Å². The number of hydrogen-bond donors (Lipinski definition) is 3. The Kier molecular flexibility index (Phi) is 13.0. The summed E-state index contributed by atoms with van der Waals surface area (Å²) >= 11 is 0. The molecule has 0 bridgehead atoms. The molecule has 9 heteroatoms. The van der Waals surface area contributed by atoms with Gasteiger partial charge in [0.1, 0.15) is 23.0 Å². The number of hydrogen-bond acceptors (Lipinski definition) is 8. The van der Waals surface area contributed by atoms with Gasteiger partial charge in [0.25, 0.3) is 0 Å². The van der Waals surface area contributed by atoms with Crippen LogP contribution in [0.4, 0.5) is 0 Å². The van der Waals surface area contributed by atoms with Gasteiger partial charge < -0.3 is 24.8 Å². The van der Waals surface area contributed by atoms with E-state index in [0.29, 0.717) is 53.2 Å². The highest BCUT2D eigenvalue weighted by molar-refractivity contribution is 5.88. The van der Waals surface area contributed by atoms with Crippen LogP contribution in [-0.2, 0) is 0 Å². The molecule has 3 N–H and O–H groups in total. The topological polar surface area (TPSA) is 135 Å². The van der Waals surface area contributed by atoms with Crippen LogP contribution in [0.2, 0.25) is 0 Å². The standard InChI is InChI=1S/C38H47N3O6/c1-5-9-11-25(7-3)23-46-29-17-19-31(33(42)21-29)36-39-35(27-13-15-28(16-14-27)38(44)45)40-37(41-36)32-20-18-30(22-34(32)43)47-24-26(8-4)12-10-6-2/h13-22,25-26,42-43H,5-12,23-24H2,1-4H3,(H,44,45). The van der Waals surface area contributed by atoms with Crippen molar-refractivity contribution in [2.24, 2.45) is 11.8 Å². The van der Waals surface area contributed by atoms with Gasteiger partial charge in [0.05, 0.1) is 29.9 Å². The number of aromatic nitrogens is 3. The third-order valence-corrected chi connectivity index (χ3v) is 8.50. The van der Waals surface area contributed by atoms with Crippen molar-refractivity contribution in [2.75, 3.05) is 13.2 Å². The maximum Gasteiger partial charge on any atom is 0.335 e. The van der Waals surface area contributed by atoms with Gasteiger partial charge >= 0.3 is 5.97 Å². The van der Waals surface area contributed by atoms with E-state index in [9.17, 15) is 20.1 Å². The number of aromatic hydroxyl groups is 2. The Balaban J connectivity index is 1.67. The highest BCUT2D eigenvalue weighted by Gasteiger charge is 2.19. The summed E-state index contributed by atoms with van der Waals surface area (Å²) in [5, 5.41) is 31.5. The van der Waals surface area contributed by atoms with Crippen LogP contribution in [-0.4, -0.2) is 49.5 Å². The average Bonchev–Trinajstić information content (AvgIpc) is 3.08. The second-order valence-electron chi connectivity index (χ2n) is 12.0. The van der Waals surface area contributed by atoms with Gasteiger partial charge in [-0.15, -0.1) is 0 Å². The molecule has 0 aliphatic carbocycles. The fourth-order valence-corrected chi connectivity index (χ4v) is 5.31. The molecule has 47 heavy (non-hydrogen) atoms. The van der Waals surface area contributed by atoms with Crippen molar-refractivity contribution in [3.8, 4) is 57.2 Å². The number of benzene rings is 3. The van der Waals surface area contributed by atoms with Crippen molar-refractivity contribution in [2.45, 2.75) is 79.1 Å². The number of carbonyl (C=O) groups is 1. The van der Waals surface area contributed by atoms with Gasteiger partial charge in [0.15, 0.2) is 17.5 Å². The maximum atomic E-state index is 11.4. The van der Waals surface area contributed by atoms with Crippen molar-refractivity contribution in [3.63, 3.8) is 0 Å². The van der Waals surface area contributed by atoms with Crippen LogP contribution in [0.3, 0.4) is 0 Å². The number of phenols is 2. The molecule has 4 aromatic rings. The Morgan fingerprint density at radius 2 is 1.11 bits per heavy atom. The van der Waals surface area contributed by atoms with Crippen molar-refractivity contribution in [1.82, 2.24) is 15.0 Å². The molecule has 0 saturated heterocycles. The van der Waals surface area contributed by atoms with E-state index in [4.69, 9.17) is 9.47 Å². The molecule has 9 nitrogen and oxygen atoms in total. The summed E-state index contributed by atoms with van der Waals surface area (Å²) in [6.45, 7) is 9.80. The fourth-order valence-electron chi connectivity index (χ4n) is 5.31. The second-order valence-corrected chi connectivity index (χ2v) is 12.0. The highest BCUT2D eigenvalue weighted by Crippen LogP contribution is 2.36. The minimum absolute atomic E-state index is 0.0602. The molecule has 0 radical (unpaired) electrons. The normalized spacial score (nSPS) is 12.4. The van der Waals surface area contributed by atoms with E-state index in [-0.39, 0.29) is 34.5 Å². The van der Waals surface area contributed by atoms with E-state index < -0.39 is 5.97 Å². The van der Waals surface area contributed by atoms with Crippen molar-refractivity contribution in [1.29, 1.82) is 0 Å². The van der Waals surface area contributed by atoms with Crippen LogP contribution in [0.1, 0.15) is 89.4 Å². The summed E-state index contributed by atoms with van der Waals surface area (Å²) in [6, 6.07) is 16.3. The molecule has 2 unspecified atom stereocenters. The number of nitrogens with zero attached hydrogens (tertiary/aromatic N) is 3. The van der Waals surface area contributed by atoms with Crippen LogP contribution >= 0.6 is 0 Å². The minimum Gasteiger partial charge on any atom is -0.507 e. The summed E-state index contributed by atoms with van der Waals surface area (Å²) in [7, 11) is 0. The van der Waals surface area contributed by atoms with Gasteiger partial charge in [0.2, 0.25) is 0 Å². The van der Waals surface area contributed by atoms with Crippen molar-refractivity contribution >= 4 is 5.97 Å². The maximum absolute atomic E-state index is 11.4. The number of ether oxygens (including phenoxy) is 2. The lowest BCUT2D eigenvalue weighted by Crippen LogP contribution is -2.11. The fraction of sp³-hybridized carbons (Fsp3) is 0.421. The molecule has 0 fully saturated rings. The number of unbranched alkanes of at least 4 members (excludes halogenated alkanes) is 2. The molecule has 0 saturated carbocycles. The van der Waals surface area contributed by atoms with Crippen LogP contribution in [0.25, 0.3) is 34.2 Å². The molecular weight excluding hydrogens is 594 g/mol. The summed E-state index contributed by atoms with van der Waals surface area (Å²) in [4.78, 5) is 25.4. The lowest BCUT2D eigenvalue weighted by molar-refractivity contribution is 0.0697. The number of phenolic OH excluding ortho intramolecular Hbond substituents is 2. The lowest BCUT2D eigenvalue weighted by atomic mass is 10.0. The first-order valence-electron chi connectivity index (χ1n) is 16.8. The predicted octanol–water partition coefficient (Wildman–Crippen LogP) is 9.17. The van der Waals surface area contributed by atoms with Gasteiger partial charge in [-0.1, -0.05) is 78.4 Å². The number of rotatable bonds is 18. The molecule has 0 spiro atoms. The van der Waals surface area contributed by atoms with E-state index in [2.05, 4.69) is 42.6 Å². The molecule has 1 aromatic heterocycles. The van der Waals surface area contributed by atoms with Crippen molar-refractivity contribution < 1.29 is 29.6 Å². The summed E-state index contributed by atoms with van der Waals surface area (Å²) < 4.78 is 12.1. The number of carboxylic acids is 1. The quantitative estimate of drug-likeness (QED) is 0.0971. The zero-order valence-electron chi connectivity index (χ0n) is 27.9. The predicted molar refractivity (Wildman–Crippen MR) is 184 cm³/mol. The van der Waals surface area contributed by atoms with Crippen LogP contribution < -0.4 is 9.47 Å². The smallest absolute Gasteiger partial charge is 0.335 e. The summed E-state index contributed by atoms with van der Waals surface area (Å²) in [6.07, 6.45) is 8.81.